The lowest BCUT2D eigenvalue weighted by molar-refractivity contribution is -0.154. The smallest absolute Gasteiger partial charge is 0.306 e. The van der Waals surface area contributed by atoms with Crippen molar-refractivity contribution in [2.45, 2.75) is 64.3 Å². The number of benzene rings is 4. The number of aliphatic hydroxyl groups excluding tert-OH is 1. The van der Waals surface area contributed by atoms with Crippen molar-refractivity contribution in [1.29, 1.82) is 0 Å². The van der Waals surface area contributed by atoms with E-state index in [9.17, 15) is 19.5 Å². The maximum absolute atomic E-state index is 13.1. The molecule has 4 atom stereocenters. The molecule has 0 unspecified atom stereocenters. The Morgan fingerprint density at radius 2 is 1.04 bits per heavy atom. The molecule has 2 heterocycles. The molecule has 0 saturated heterocycles. The van der Waals surface area contributed by atoms with Crippen LogP contribution >= 0.6 is 46.4 Å². The molecular weight excluding hydrogens is 718 g/mol. The third-order valence-electron chi connectivity index (χ3n) is 9.25. The van der Waals surface area contributed by atoms with Gasteiger partial charge in [0.15, 0.2) is 0 Å². The topological polar surface area (TPSA) is 87.2 Å². The van der Waals surface area contributed by atoms with Crippen molar-refractivity contribution in [3.8, 4) is 0 Å². The second kappa shape index (κ2) is 16.6. The first kappa shape index (κ1) is 37.7. The SMILES string of the molecule is CCC(=O)O[C@@H]1CN(C(=O)Cc2c(Cl)cccc2Cl)[C@@H](C)c2ccccc21.C[C@H]1c2ccccc2[C@H](O)CN1C(=O)Cc1c(Cl)cccc1Cl. The fourth-order valence-electron chi connectivity index (χ4n) is 6.48. The lowest BCUT2D eigenvalue weighted by Gasteiger charge is -2.39. The molecule has 0 radical (unpaired) electrons. The van der Waals surface area contributed by atoms with E-state index >= 15 is 0 Å². The van der Waals surface area contributed by atoms with E-state index < -0.39 is 12.2 Å². The maximum Gasteiger partial charge on any atom is 0.306 e. The van der Waals surface area contributed by atoms with Gasteiger partial charge in [0.05, 0.1) is 44.1 Å². The molecule has 0 aliphatic carbocycles. The molecule has 0 fully saturated rings. The van der Waals surface area contributed by atoms with Gasteiger partial charge >= 0.3 is 5.97 Å². The van der Waals surface area contributed by atoms with Crippen LogP contribution in [-0.2, 0) is 32.0 Å². The summed E-state index contributed by atoms with van der Waals surface area (Å²) in [5.74, 6) is -0.489. The first-order chi connectivity index (χ1) is 23.9. The molecule has 0 spiro atoms. The number of hydrogen-bond acceptors (Lipinski definition) is 5. The summed E-state index contributed by atoms with van der Waals surface area (Å²) >= 11 is 24.8. The largest absolute Gasteiger partial charge is 0.456 e. The van der Waals surface area contributed by atoms with E-state index in [4.69, 9.17) is 51.1 Å². The van der Waals surface area contributed by atoms with Gasteiger partial charge in [-0.1, -0.05) is 114 Å². The van der Waals surface area contributed by atoms with Crippen molar-refractivity contribution in [2.75, 3.05) is 13.1 Å². The summed E-state index contributed by atoms with van der Waals surface area (Å²) in [6, 6.07) is 25.6. The van der Waals surface area contributed by atoms with E-state index in [0.29, 0.717) is 37.8 Å². The molecule has 11 heteroatoms. The zero-order valence-electron chi connectivity index (χ0n) is 27.9. The van der Waals surface area contributed by atoms with Gasteiger partial charge < -0.3 is 19.6 Å². The van der Waals surface area contributed by atoms with E-state index in [2.05, 4.69) is 0 Å². The number of carbonyl (C=O) groups is 3. The molecule has 0 bridgehead atoms. The number of hydrogen-bond donors (Lipinski definition) is 1. The lowest BCUT2D eigenvalue weighted by Crippen LogP contribution is -2.42. The number of carbonyl (C=O) groups excluding carboxylic acids is 3. The van der Waals surface area contributed by atoms with Crippen LogP contribution in [0.5, 0.6) is 0 Å². The predicted molar refractivity (Wildman–Crippen MR) is 198 cm³/mol. The summed E-state index contributed by atoms with van der Waals surface area (Å²) in [6.45, 7) is 6.28. The van der Waals surface area contributed by atoms with Crippen LogP contribution in [0.25, 0.3) is 0 Å². The molecular formula is C39H38Cl4N2O5. The summed E-state index contributed by atoms with van der Waals surface area (Å²) < 4.78 is 5.61. The van der Waals surface area contributed by atoms with Gasteiger partial charge in [0, 0.05) is 26.5 Å². The van der Waals surface area contributed by atoms with Gasteiger partial charge in [0.25, 0.3) is 0 Å². The summed E-state index contributed by atoms with van der Waals surface area (Å²) in [4.78, 5) is 41.1. The molecule has 1 N–H and O–H groups in total. The summed E-state index contributed by atoms with van der Waals surface area (Å²) in [5, 5.41) is 12.2. The van der Waals surface area contributed by atoms with Crippen LogP contribution in [0.2, 0.25) is 20.1 Å². The summed E-state index contributed by atoms with van der Waals surface area (Å²) in [5.41, 5.74) is 5.04. The highest BCUT2D eigenvalue weighted by molar-refractivity contribution is 6.36. The number of β-amino-alcohol motifs (C(OH)–C–C–N with tert-alkyl or cyclic N) is 1. The lowest BCUT2D eigenvalue weighted by atomic mass is 9.91. The minimum atomic E-state index is -0.673. The standard InChI is InChI=1S/C21H21Cl2NO3.C18H17Cl2NO2/c1-3-21(26)27-19-12-24(13(2)14-7-4-5-8-15(14)19)20(25)11-16-17(22)9-6-10-18(16)23;1-11-12-5-2-3-6-13(12)17(22)10-21(11)18(23)9-14-15(19)7-4-8-16(14)20/h4-10,13,19H,3,11-12H2,1-2H3;2-8,11,17,22H,9-10H2,1H3/t13-,19+;11-,17+/m00/s1. The van der Waals surface area contributed by atoms with Gasteiger partial charge in [-0.15, -0.1) is 0 Å². The Bertz CT molecular complexity index is 1840. The van der Waals surface area contributed by atoms with Gasteiger partial charge in [-0.25, -0.2) is 0 Å². The number of fused-ring (bicyclic) bond motifs is 2. The molecule has 0 saturated carbocycles. The van der Waals surface area contributed by atoms with Crippen molar-refractivity contribution < 1.29 is 24.2 Å². The predicted octanol–water partition coefficient (Wildman–Crippen LogP) is 9.31. The fourth-order valence-corrected chi connectivity index (χ4v) is 7.54. The third-order valence-corrected chi connectivity index (χ3v) is 10.7. The molecule has 6 rings (SSSR count). The van der Waals surface area contributed by atoms with E-state index in [-0.39, 0.29) is 55.7 Å². The van der Waals surface area contributed by atoms with Gasteiger partial charge in [0.1, 0.15) is 6.10 Å². The molecule has 262 valence electrons. The highest BCUT2D eigenvalue weighted by atomic mass is 35.5. The second-order valence-corrected chi connectivity index (χ2v) is 13.9. The number of aliphatic hydroxyl groups is 1. The van der Waals surface area contributed by atoms with Crippen molar-refractivity contribution in [3.05, 3.63) is 138 Å². The Kier molecular flexibility index (Phi) is 12.5. The van der Waals surface area contributed by atoms with Crippen molar-refractivity contribution >= 4 is 64.2 Å². The van der Waals surface area contributed by atoms with Crippen LogP contribution in [0.1, 0.15) is 84.9 Å². The Balaban J connectivity index is 0.000000197. The van der Waals surface area contributed by atoms with Crippen LogP contribution in [0.3, 0.4) is 0 Å². The van der Waals surface area contributed by atoms with Crippen LogP contribution in [0.4, 0.5) is 0 Å². The molecule has 2 aliphatic rings. The number of nitrogens with zero attached hydrogens (tertiary/aromatic N) is 2. The molecule has 50 heavy (non-hydrogen) atoms. The van der Waals surface area contributed by atoms with Crippen molar-refractivity contribution in [2.24, 2.45) is 0 Å². The zero-order chi connectivity index (χ0) is 36.1. The average molecular weight is 757 g/mol. The minimum Gasteiger partial charge on any atom is -0.456 e. The quantitative estimate of drug-likeness (QED) is 0.198. The van der Waals surface area contributed by atoms with E-state index in [1.165, 1.54) is 0 Å². The van der Waals surface area contributed by atoms with Crippen LogP contribution in [0, 0.1) is 0 Å². The van der Waals surface area contributed by atoms with E-state index in [0.717, 1.165) is 22.3 Å². The molecule has 0 aromatic heterocycles. The van der Waals surface area contributed by atoms with Gasteiger partial charge in [0.2, 0.25) is 11.8 Å². The monoisotopic (exact) mass is 754 g/mol. The molecule has 4 aromatic carbocycles. The number of halogens is 4. The Morgan fingerprint density at radius 1 is 0.640 bits per heavy atom. The molecule has 2 amide bonds. The van der Waals surface area contributed by atoms with Gasteiger partial charge in [-0.2, -0.15) is 0 Å². The normalized spacial score (nSPS) is 19.4. The maximum atomic E-state index is 13.1. The number of esters is 1. The third kappa shape index (κ3) is 8.30. The van der Waals surface area contributed by atoms with Crippen LogP contribution in [0.15, 0.2) is 84.9 Å². The highest BCUT2D eigenvalue weighted by Crippen LogP contribution is 2.38. The highest BCUT2D eigenvalue weighted by Gasteiger charge is 2.36. The Morgan fingerprint density at radius 3 is 1.50 bits per heavy atom. The molecule has 7 nitrogen and oxygen atoms in total. The van der Waals surface area contributed by atoms with Crippen molar-refractivity contribution in [1.82, 2.24) is 9.80 Å². The zero-order valence-corrected chi connectivity index (χ0v) is 30.9. The average Bonchev–Trinajstić information content (AvgIpc) is 3.11. The first-order valence-electron chi connectivity index (χ1n) is 16.4. The van der Waals surface area contributed by atoms with Gasteiger partial charge in [-0.05, 0) is 71.5 Å². The van der Waals surface area contributed by atoms with Crippen LogP contribution in [-0.4, -0.2) is 45.8 Å². The summed E-state index contributed by atoms with van der Waals surface area (Å²) in [6.07, 6.45) is -0.641. The van der Waals surface area contributed by atoms with Crippen LogP contribution < -0.4 is 0 Å². The van der Waals surface area contributed by atoms with E-state index in [1.54, 1.807) is 53.1 Å². The summed E-state index contributed by atoms with van der Waals surface area (Å²) in [7, 11) is 0. The molecule has 2 aliphatic heterocycles. The first-order valence-corrected chi connectivity index (χ1v) is 17.9. The van der Waals surface area contributed by atoms with E-state index in [1.807, 2.05) is 62.4 Å². The number of ether oxygens (including phenoxy) is 1. The number of rotatable bonds is 6. The Labute approximate surface area is 312 Å². The number of amides is 2. The van der Waals surface area contributed by atoms with Crippen molar-refractivity contribution in [3.63, 3.8) is 0 Å². The fraction of sp³-hybridized carbons (Fsp3) is 0.308. The molecule has 4 aromatic rings. The Hall–Kier alpha value is -3.59. The minimum absolute atomic E-state index is 0.0941. The van der Waals surface area contributed by atoms with Gasteiger partial charge in [-0.3, -0.25) is 14.4 Å². The second-order valence-electron chi connectivity index (χ2n) is 12.3.